The van der Waals surface area contributed by atoms with Gasteiger partial charge in [-0.25, -0.2) is 0 Å². The summed E-state index contributed by atoms with van der Waals surface area (Å²) in [6.45, 7) is 0. The molecule has 270 valence electrons. The van der Waals surface area contributed by atoms with Crippen LogP contribution in [-0.4, -0.2) is 0 Å². The normalized spacial score (nSPS) is 11.4. The molecule has 0 bridgehead atoms. The van der Waals surface area contributed by atoms with Crippen LogP contribution in [-0.2, 0) is 0 Å². The van der Waals surface area contributed by atoms with Gasteiger partial charge in [0, 0.05) is 0 Å². The monoisotopic (exact) mass is 734 g/mol. The lowest BCUT2D eigenvalue weighted by Crippen LogP contribution is -1.93. The first-order chi connectivity index (χ1) is 28.8. The van der Waals surface area contributed by atoms with Crippen LogP contribution >= 0.6 is 0 Å². The third-order valence-electron chi connectivity index (χ3n) is 11.8. The van der Waals surface area contributed by atoms with Gasteiger partial charge in [-0.15, -0.1) is 0 Å². The van der Waals surface area contributed by atoms with E-state index in [0.717, 1.165) is 0 Å². The van der Waals surface area contributed by atoms with Crippen LogP contribution in [0.25, 0.3) is 110 Å². The van der Waals surface area contributed by atoms with Gasteiger partial charge in [0.15, 0.2) is 0 Å². The first kappa shape index (κ1) is 33.8. The zero-order valence-electron chi connectivity index (χ0n) is 31.9. The van der Waals surface area contributed by atoms with Gasteiger partial charge in [0.25, 0.3) is 0 Å². The second kappa shape index (κ2) is 14.2. The average Bonchev–Trinajstić information content (AvgIpc) is 3.30. The van der Waals surface area contributed by atoms with Crippen molar-refractivity contribution in [1.82, 2.24) is 0 Å². The molecule has 0 aliphatic carbocycles. The van der Waals surface area contributed by atoms with Gasteiger partial charge in [0.05, 0.1) is 0 Å². The summed E-state index contributed by atoms with van der Waals surface area (Å²) in [5.41, 5.74) is 14.9. The predicted octanol–water partition coefficient (Wildman–Crippen LogP) is 16.3. The van der Waals surface area contributed by atoms with Crippen molar-refractivity contribution in [1.29, 1.82) is 0 Å². The van der Waals surface area contributed by atoms with E-state index in [-0.39, 0.29) is 0 Å². The number of fused-ring (bicyclic) bond motifs is 4. The molecule has 0 heterocycles. The molecule has 0 saturated heterocycles. The minimum atomic E-state index is 1.19. The molecule has 0 atom stereocenters. The molecule has 0 amide bonds. The molecule has 58 heavy (non-hydrogen) atoms. The smallest absolute Gasteiger partial charge is 0.00201 e. The van der Waals surface area contributed by atoms with Gasteiger partial charge in [-0.3, -0.25) is 0 Å². The van der Waals surface area contributed by atoms with Crippen LogP contribution in [0, 0.1) is 0 Å². The molecule has 0 fully saturated rings. The van der Waals surface area contributed by atoms with Gasteiger partial charge in [0.1, 0.15) is 0 Å². The van der Waals surface area contributed by atoms with E-state index >= 15 is 0 Å². The van der Waals surface area contributed by atoms with Crippen LogP contribution in [0.3, 0.4) is 0 Å². The van der Waals surface area contributed by atoms with E-state index in [4.69, 9.17) is 0 Å². The Morgan fingerprint density at radius 1 is 0.155 bits per heavy atom. The van der Waals surface area contributed by atoms with Gasteiger partial charge < -0.3 is 0 Å². The summed E-state index contributed by atoms with van der Waals surface area (Å²) in [6, 6.07) is 84.4. The molecule has 0 aliphatic heterocycles. The van der Waals surface area contributed by atoms with Gasteiger partial charge in [-0.1, -0.05) is 218 Å². The van der Waals surface area contributed by atoms with E-state index in [1.165, 1.54) is 110 Å². The maximum absolute atomic E-state index is 2.39. The van der Waals surface area contributed by atoms with Crippen molar-refractivity contribution in [3.05, 3.63) is 231 Å². The number of benzene rings is 11. The van der Waals surface area contributed by atoms with E-state index < -0.39 is 0 Å². The molecule has 0 saturated carbocycles. The van der Waals surface area contributed by atoms with Crippen LogP contribution in [0.1, 0.15) is 0 Å². The second-order valence-corrected chi connectivity index (χ2v) is 15.1. The average molecular weight is 735 g/mol. The summed E-state index contributed by atoms with van der Waals surface area (Å²) in [5, 5.41) is 10.1. The Kier molecular flexibility index (Phi) is 8.26. The summed E-state index contributed by atoms with van der Waals surface area (Å²) in [7, 11) is 0. The van der Waals surface area contributed by atoms with Crippen molar-refractivity contribution in [2.24, 2.45) is 0 Å². The molecule has 0 nitrogen and oxygen atoms in total. The zero-order valence-corrected chi connectivity index (χ0v) is 31.9. The number of rotatable bonds is 6. The molecular weight excluding hydrogens is 697 g/mol. The van der Waals surface area contributed by atoms with Crippen molar-refractivity contribution in [3.8, 4) is 66.8 Å². The molecule has 11 rings (SSSR count). The van der Waals surface area contributed by atoms with E-state index in [0.29, 0.717) is 0 Å². The number of hydrogen-bond donors (Lipinski definition) is 0. The molecule has 0 radical (unpaired) electrons. The summed E-state index contributed by atoms with van der Waals surface area (Å²) in [6.07, 6.45) is 0. The fraction of sp³-hybridized carbons (Fsp3) is 0. The third kappa shape index (κ3) is 5.61. The van der Waals surface area contributed by atoms with E-state index in [1.54, 1.807) is 0 Å². The summed E-state index contributed by atoms with van der Waals surface area (Å²) < 4.78 is 0. The van der Waals surface area contributed by atoms with Gasteiger partial charge in [-0.05, 0) is 122 Å². The van der Waals surface area contributed by atoms with Crippen molar-refractivity contribution >= 4 is 43.1 Å². The molecule has 11 aromatic rings. The predicted molar refractivity (Wildman–Crippen MR) is 249 cm³/mol. The summed E-state index contributed by atoms with van der Waals surface area (Å²) in [5.74, 6) is 0. The molecule has 0 heteroatoms. The highest BCUT2D eigenvalue weighted by Crippen LogP contribution is 2.47. The lowest BCUT2D eigenvalue weighted by molar-refractivity contribution is 1.59. The Labute approximate surface area is 339 Å². The van der Waals surface area contributed by atoms with E-state index in [1.807, 2.05) is 0 Å². The first-order valence-corrected chi connectivity index (χ1v) is 20.1. The molecule has 0 spiro atoms. The van der Waals surface area contributed by atoms with E-state index in [2.05, 4.69) is 231 Å². The Hall–Kier alpha value is -7.54. The molecular formula is C58H38. The molecule has 0 N–H and O–H groups in total. The Morgan fingerprint density at radius 3 is 0.845 bits per heavy atom. The maximum atomic E-state index is 2.39. The van der Waals surface area contributed by atoms with Crippen LogP contribution < -0.4 is 0 Å². The van der Waals surface area contributed by atoms with Gasteiger partial charge in [-0.2, -0.15) is 0 Å². The van der Waals surface area contributed by atoms with Crippen LogP contribution in [0.5, 0.6) is 0 Å². The van der Waals surface area contributed by atoms with Crippen molar-refractivity contribution in [3.63, 3.8) is 0 Å². The minimum Gasteiger partial charge on any atom is -0.0622 e. The maximum Gasteiger partial charge on any atom is -0.00201 e. The second-order valence-electron chi connectivity index (χ2n) is 15.1. The standard InChI is InChI=1S/C58H38/c1-3-19-39(20-4-1)45-27-7-8-28-46(45)58-53-35-15-13-33-51(53)57(52-34-14-16-36-54(52)58)44-26-18-24-42(38-44)41-23-17-25-43(37-41)56-49-31-11-9-29-47(49)55(40-21-5-2-6-22-40)48-30-10-12-32-50(48)56/h1-38H. The van der Waals surface area contributed by atoms with Crippen molar-refractivity contribution in [2.75, 3.05) is 0 Å². The quantitative estimate of drug-likeness (QED) is 0.149. The largest absolute Gasteiger partial charge is 0.0622 e. The van der Waals surface area contributed by atoms with Crippen LogP contribution in [0.15, 0.2) is 231 Å². The highest BCUT2D eigenvalue weighted by Gasteiger charge is 2.20. The third-order valence-corrected chi connectivity index (χ3v) is 11.8. The Balaban J connectivity index is 1.10. The molecule has 0 unspecified atom stereocenters. The number of hydrogen-bond acceptors (Lipinski definition) is 0. The molecule has 0 aliphatic rings. The van der Waals surface area contributed by atoms with Crippen LogP contribution in [0.4, 0.5) is 0 Å². The fourth-order valence-corrected chi connectivity index (χ4v) is 9.36. The summed E-state index contributed by atoms with van der Waals surface area (Å²) >= 11 is 0. The Morgan fingerprint density at radius 2 is 0.431 bits per heavy atom. The SMILES string of the molecule is c1ccc(-c2ccccc2-c2c3ccccc3c(-c3cccc(-c4cccc(-c5c6ccccc6c(-c6ccccc6)c6ccccc56)c4)c3)c3ccccc23)cc1. The highest BCUT2D eigenvalue weighted by molar-refractivity contribution is 6.23. The van der Waals surface area contributed by atoms with Crippen molar-refractivity contribution in [2.45, 2.75) is 0 Å². The van der Waals surface area contributed by atoms with Gasteiger partial charge in [0.2, 0.25) is 0 Å². The lowest BCUT2D eigenvalue weighted by Gasteiger charge is -2.20. The topological polar surface area (TPSA) is 0 Å². The minimum absolute atomic E-state index is 1.19. The van der Waals surface area contributed by atoms with Crippen molar-refractivity contribution < 1.29 is 0 Å². The molecule has 0 aromatic heterocycles. The molecule has 11 aromatic carbocycles. The zero-order chi connectivity index (χ0) is 38.4. The van der Waals surface area contributed by atoms with E-state index in [9.17, 15) is 0 Å². The highest BCUT2D eigenvalue weighted by atomic mass is 14.2. The fourth-order valence-electron chi connectivity index (χ4n) is 9.36. The van der Waals surface area contributed by atoms with Gasteiger partial charge >= 0.3 is 0 Å². The van der Waals surface area contributed by atoms with Crippen LogP contribution in [0.2, 0.25) is 0 Å². The lowest BCUT2D eigenvalue weighted by atomic mass is 9.83. The summed E-state index contributed by atoms with van der Waals surface area (Å²) in [4.78, 5) is 0. The Bertz CT molecular complexity index is 3200. The first-order valence-electron chi connectivity index (χ1n) is 20.1.